The fourth-order valence-electron chi connectivity index (χ4n) is 2.27. The number of carbonyl (C=O) groups is 1. The Kier molecular flexibility index (Phi) is 5.36. The van der Waals surface area contributed by atoms with Gasteiger partial charge in [0.05, 0.1) is 19.6 Å². The van der Waals surface area contributed by atoms with E-state index in [4.69, 9.17) is 4.74 Å². The molecule has 0 aliphatic carbocycles. The molecule has 0 radical (unpaired) electrons. The minimum atomic E-state index is 0.168. The maximum atomic E-state index is 12.0. The SMILES string of the molecule is CN(C(=O)CCOCc1ccccc1)C1CCNC1. The molecule has 1 atom stereocenters. The van der Waals surface area contributed by atoms with Gasteiger partial charge in [-0.2, -0.15) is 0 Å². The third-order valence-electron chi connectivity index (χ3n) is 3.55. The van der Waals surface area contributed by atoms with Crippen molar-refractivity contribution in [2.75, 3.05) is 26.7 Å². The van der Waals surface area contributed by atoms with Crippen LogP contribution in [0.4, 0.5) is 0 Å². The van der Waals surface area contributed by atoms with E-state index >= 15 is 0 Å². The number of benzene rings is 1. The average Bonchev–Trinajstić information content (AvgIpc) is 2.98. The van der Waals surface area contributed by atoms with Crippen LogP contribution in [0.3, 0.4) is 0 Å². The van der Waals surface area contributed by atoms with Crippen molar-refractivity contribution >= 4 is 5.91 Å². The molecule has 2 rings (SSSR count). The molecule has 1 aliphatic heterocycles. The zero-order valence-electron chi connectivity index (χ0n) is 11.5. The second-order valence-corrected chi connectivity index (χ2v) is 4.94. The number of carbonyl (C=O) groups excluding carboxylic acids is 1. The minimum absolute atomic E-state index is 0.168. The van der Waals surface area contributed by atoms with E-state index in [1.54, 1.807) is 0 Å². The lowest BCUT2D eigenvalue weighted by Crippen LogP contribution is -2.38. The highest BCUT2D eigenvalue weighted by Crippen LogP contribution is 2.08. The molecule has 1 saturated heterocycles. The second kappa shape index (κ2) is 7.26. The fraction of sp³-hybridized carbons (Fsp3) is 0.533. The van der Waals surface area contributed by atoms with Crippen LogP contribution in [0.5, 0.6) is 0 Å². The van der Waals surface area contributed by atoms with Gasteiger partial charge < -0.3 is 15.0 Å². The number of hydrogen-bond donors (Lipinski definition) is 1. The molecule has 1 amide bonds. The maximum absolute atomic E-state index is 12.0. The second-order valence-electron chi connectivity index (χ2n) is 4.94. The van der Waals surface area contributed by atoms with E-state index in [2.05, 4.69) is 5.32 Å². The lowest BCUT2D eigenvalue weighted by atomic mass is 10.2. The van der Waals surface area contributed by atoms with Gasteiger partial charge in [0.25, 0.3) is 0 Å². The summed E-state index contributed by atoms with van der Waals surface area (Å²) in [6.45, 7) is 2.97. The first-order chi connectivity index (χ1) is 9.27. The van der Waals surface area contributed by atoms with Gasteiger partial charge in [-0.15, -0.1) is 0 Å². The molecule has 104 valence electrons. The average molecular weight is 262 g/mol. The Labute approximate surface area is 114 Å². The minimum Gasteiger partial charge on any atom is -0.376 e. The zero-order valence-corrected chi connectivity index (χ0v) is 11.5. The van der Waals surface area contributed by atoms with Crippen LogP contribution in [0.2, 0.25) is 0 Å². The normalized spacial score (nSPS) is 18.5. The number of amides is 1. The predicted octanol–water partition coefficient (Wildman–Crippen LogP) is 1.41. The monoisotopic (exact) mass is 262 g/mol. The van der Waals surface area contributed by atoms with E-state index in [0.717, 1.165) is 25.1 Å². The first-order valence-corrected chi connectivity index (χ1v) is 6.85. The molecular weight excluding hydrogens is 240 g/mol. The summed E-state index contributed by atoms with van der Waals surface area (Å²) in [6.07, 6.45) is 1.51. The van der Waals surface area contributed by atoms with Gasteiger partial charge in [-0.05, 0) is 18.5 Å². The summed E-state index contributed by atoms with van der Waals surface area (Å²) in [6, 6.07) is 10.4. The van der Waals surface area contributed by atoms with Gasteiger partial charge >= 0.3 is 0 Å². The zero-order chi connectivity index (χ0) is 13.5. The fourth-order valence-corrected chi connectivity index (χ4v) is 2.27. The molecule has 1 fully saturated rings. The Bertz CT molecular complexity index is 388. The Morgan fingerprint density at radius 3 is 2.89 bits per heavy atom. The molecule has 1 heterocycles. The van der Waals surface area contributed by atoms with Crippen molar-refractivity contribution in [2.24, 2.45) is 0 Å². The lowest BCUT2D eigenvalue weighted by Gasteiger charge is -2.23. The quantitative estimate of drug-likeness (QED) is 0.788. The summed E-state index contributed by atoms with van der Waals surface area (Å²) in [4.78, 5) is 13.8. The van der Waals surface area contributed by atoms with Gasteiger partial charge in [0.1, 0.15) is 0 Å². The van der Waals surface area contributed by atoms with Gasteiger partial charge in [0.2, 0.25) is 5.91 Å². The number of nitrogens with zero attached hydrogens (tertiary/aromatic N) is 1. The van der Waals surface area contributed by atoms with Crippen LogP contribution in [0, 0.1) is 0 Å². The number of likely N-dealkylation sites (N-methyl/N-ethyl adjacent to an activating group) is 1. The van der Waals surface area contributed by atoms with Crippen molar-refractivity contribution in [1.29, 1.82) is 0 Å². The molecule has 4 nitrogen and oxygen atoms in total. The molecule has 19 heavy (non-hydrogen) atoms. The number of hydrogen-bond acceptors (Lipinski definition) is 3. The van der Waals surface area contributed by atoms with Crippen LogP contribution in [-0.2, 0) is 16.1 Å². The first kappa shape index (κ1) is 14.0. The Hall–Kier alpha value is -1.39. The standard InChI is InChI=1S/C15H22N2O2/c1-17(14-7-9-16-11-14)15(18)8-10-19-12-13-5-3-2-4-6-13/h2-6,14,16H,7-12H2,1H3. The van der Waals surface area contributed by atoms with Crippen molar-refractivity contribution in [2.45, 2.75) is 25.5 Å². The Balaban J connectivity index is 1.63. The van der Waals surface area contributed by atoms with E-state index in [1.807, 2.05) is 42.3 Å². The molecule has 0 spiro atoms. The van der Waals surface area contributed by atoms with Crippen molar-refractivity contribution in [3.63, 3.8) is 0 Å². The summed E-state index contributed by atoms with van der Waals surface area (Å²) in [5.74, 6) is 0.168. The summed E-state index contributed by atoms with van der Waals surface area (Å²) >= 11 is 0. The number of nitrogens with one attached hydrogen (secondary N) is 1. The molecule has 1 N–H and O–H groups in total. The van der Waals surface area contributed by atoms with E-state index in [9.17, 15) is 4.79 Å². The molecule has 0 bridgehead atoms. The predicted molar refractivity (Wildman–Crippen MR) is 74.8 cm³/mol. The third-order valence-corrected chi connectivity index (χ3v) is 3.55. The molecule has 1 aliphatic rings. The molecular formula is C15H22N2O2. The van der Waals surface area contributed by atoms with Crippen molar-refractivity contribution in [1.82, 2.24) is 10.2 Å². The van der Waals surface area contributed by atoms with Crippen LogP contribution in [0.1, 0.15) is 18.4 Å². The van der Waals surface area contributed by atoms with Crippen LogP contribution < -0.4 is 5.32 Å². The van der Waals surface area contributed by atoms with Gasteiger partial charge in [0.15, 0.2) is 0 Å². The van der Waals surface area contributed by atoms with Crippen molar-refractivity contribution in [3.8, 4) is 0 Å². The third kappa shape index (κ3) is 4.33. The molecule has 1 unspecified atom stereocenters. The summed E-state index contributed by atoms with van der Waals surface area (Å²) < 4.78 is 5.54. The smallest absolute Gasteiger partial charge is 0.224 e. The maximum Gasteiger partial charge on any atom is 0.224 e. The van der Waals surface area contributed by atoms with Crippen molar-refractivity contribution in [3.05, 3.63) is 35.9 Å². The van der Waals surface area contributed by atoms with Crippen LogP contribution in [0.15, 0.2) is 30.3 Å². The van der Waals surface area contributed by atoms with Gasteiger partial charge in [-0.3, -0.25) is 4.79 Å². The molecule has 4 heteroatoms. The van der Waals surface area contributed by atoms with Crippen LogP contribution >= 0.6 is 0 Å². The summed E-state index contributed by atoms with van der Waals surface area (Å²) in [5.41, 5.74) is 1.14. The summed E-state index contributed by atoms with van der Waals surface area (Å²) in [7, 11) is 1.89. The number of ether oxygens (including phenoxy) is 1. The molecule has 1 aromatic carbocycles. The largest absolute Gasteiger partial charge is 0.376 e. The Morgan fingerprint density at radius 1 is 1.42 bits per heavy atom. The van der Waals surface area contributed by atoms with Crippen LogP contribution in [-0.4, -0.2) is 43.6 Å². The highest BCUT2D eigenvalue weighted by molar-refractivity contribution is 5.76. The van der Waals surface area contributed by atoms with Crippen LogP contribution in [0.25, 0.3) is 0 Å². The Morgan fingerprint density at radius 2 is 2.21 bits per heavy atom. The number of rotatable bonds is 6. The van der Waals surface area contributed by atoms with Gasteiger partial charge in [-0.1, -0.05) is 30.3 Å². The van der Waals surface area contributed by atoms with Crippen molar-refractivity contribution < 1.29 is 9.53 Å². The van der Waals surface area contributed by atoms with E-state index in [-0.39, 0.29) is 5.91 Å². The lowest BCUT2D eigenvalue weighted by molar-refractivity contribution is -0.132. The molecule has 1 aromatic rings. The van der Waals surface area contributed by atoms with E-state index in [0.29, 0.717) is 25.7 Å². The highest BCUT2D eigenvalue weighted by atomic mass is 16.5. The topological polar surface area (TPSA) is 41.6 Å². The van der Waals surface area contributed by atoms with Gasteiger partial charge in [-0.25, -0.2) is 0 Å². The van der Waals surface area contributed by atoms with E-state index in [1.165, 1.54) is 0 Å². The van der Waals surface area contributed by atoms with E-state index < -0.39 is 0 Å². The first-order valence-electron chi connectivity index (χ1n) is 6.85. The molecule has 0 aromatic heterocycles. The van der Waals surface area contributed by atoms with Gasteiger partial charge in [0, 0.05) is 19.6 Å². The highest BCUT2D eigenvalue weighted by Gasteiger charge is 2.22. The molecule has 0 saturated carbocycles. The summed E-state index contributed by atoms with van der Waals surface area (Å²) in [5, 5.41) is 3.27.